The van der Waals surface area contributed by atoms with E-state index in [1.165, 1.54) is 0 Å². The minimum Gasteiger partial charge on any atom is -0.380 e. The Hall–Kier alpha value is -2.40. The van der Waals surface area contributed by atoms with Crippen molar-refractivity contribution < 1.29 is 4.79 Å². The Morgan fingerprint density at radius 1 is 1.28 bits per heavy atom. The lowest BCUT2D eigenvalue weighted by Crippen LogP contribution is -2.31. The smallest absolute Gasteiger partial charge is 0.255 e. The van der Waals surface area contributed by atoms with Gasteiger partial charge in [-0.2, -0.15) is 0 Å². The predicted molar refractivity (Wildman–Crippen MR) is 101 cm³/mol. The van der Waals surface area contributed by atoms with Crippen LogP contribution in [0, 0.1) is 5.92 Å². The third-order valence-corrected chi connectivity index (χ3v) is 4.56. The molecule has 25 heavy (non-hydrogen) atoms. The molecule has 0 saturated carbocycles. The van der Waals surface area contributed by atoms with Gasteiger partial charge >= 0.3 is 0 Å². The van der Waals surface area contributed by atoms with Crippen LogP contribution in [-0.4, -0.2) is 54.4 Å². The van der Waals surface area contributed by atoms with E-state index >= 15 is 0 Å². The molecule has 1 aromatic heterocycles. The molecule has 1 aliphatic heterocycles. The number of rotatable bonds is 6. The zero-order valence-electron chi connectivity index (χ0n) is 15.0. The Bertz CT molecular complexity index is 702. The molecule has 1 saturated heterocycles. The Morgan fingerprint density at radius 3 is 2.88 bits per heavy atom. The molecular formula is C20H26N4O. The minimum atomic E-state index is 0.121. The first kappa shape index (κ1) is 17.4. The van der Waals surface area contributed by atoms with Crippen molar-refractivity contribution in [3.63, 3.8) is 0 Å². The maximum absolute atomic E-state index is 13.0. The molecule has 1 aliphatic rings. The average molecular weight is 338 g/mol. The summed E-state index contributed by atoms with van der Waals surface area (Å²) >= 11 is 0. The van der Waals surface area contributed by atoms with E-state index < -0.39 is 0 Å². The Kier molecular flexibility index (Phi) is 5.66. The van der Waals surface area contributed by atoms with E-state index in [2.05, 4.69) is 29.3 Å². The van der Waals surface area contributed by atoms with E-state index in [1.54, 1.807) is 6.20 Å². The van der Waals surface area contributed by atoms with Crippen LogP contribution >= 0.6 is 0 Å². The Balaban J connectivity index is 1.67. The fourth-order valence-electron chi connectivity index (χ4n) is 3.38. The minimum absolute atomic E-state index is 0.121. The molecule has 5 nitrogen and oxygen atoms in total. The lowest BCUT2D eigenvalue weighted by atomic mass is 10.1. The van der Waals surface area contributed by atoms with E-state index in [0.29, 0.717) is 12.5 Å². The van der Waals surface area contributed by atoms with Gasteiger partial charge < -0.3 is 15.1 Å². The highest BCUT2D eigenvalue weighted by Crippen LogP contribution is 2.23. The molecule has 0 aliphatic carbocycles. The van der Waals surface area contributed by atoms with Crippen molar-refractivity contribution in [3.05, 3.63) is 59.9 Å². The molecule has 5 heteroatoms. The van der Waals surface area contributed by atoms with Crippen LogP contribution in [0.1, 0.15) is 22.3 Å². The second kappa shape index (κ2) is 8.12. The molecule has 1 aromatic carbocycles. The summed E-state index contributed by atoms with van der Waals surface area (Å²) in [5, 5.41) is 3.38. The maximum atomic E-state index is 13.0. The first-order chi connectivity index (χ1) is 12.1. The fraction of sp³-hybridized carbons (Fsp3) is 0.400. The Labute approximate surface area is 149 Å². The van der Waals surface area contributed by atoms with Gasteiger partial charge in [0.1, 0.15) is 0 Å². The summed E-state index contributed by atoms with van der Waals surface area (Å²) in [6.07, 6.45) is 4.68. The van der Waals surface area contributed by atoms with Crippen molar-refractivity contribution in [2.24, 2.45) is 5.92 Å². The number of carbonyl (C=O) groups excluding carboxylic acids is 1. The summed E-state index contributed by atoms with van der Waals surface area (Å²) in [6, 6.07) is 11.7. The molecule has 0 bridgehead atoms. The zero-order valence-corrected chi connectivity index (χ0v) is 15.0. The molecule has 1 amide bonds. The predicted octanol–water partition coefficient (Wildman–Crippen LogP) is 2.72. The topological polar surface area (TPSA) is 48.5 Å². The van der Waals surface area contributed by atoms with Crippen molar-refractivity contribution >= 4 is 11.6 Å². The van der Waals surface area contributed by atoms with Crippen LogP contribution in [0.4, 0.5) is 5.69 Å². The first-order valence-corrected chi connectivity index (χ1v) is 8.79. The Morgan fingerprint density at radius 2 is 2.12 bits per heavy atom. The number of hydrogen-bond donors (Lipinski definition) is 1. The van der Waals surface area contributed by atoms with Gasteiger partial charge in [0.2, 0.25) is 0 Å². The normalized spacial score (nSPS) is 17.1. The summed E-state index contributed by atoms with van der Waals surface area (Å²) in [5.74, 6) is 0.685. The van der Waals surface area contributed by atoms with E-state index in [4.69, 9.17) is 0 Å². The van der Waals surface area contributed by atoms with Gasteiger partial charge in [-0.05, 0) is 50.2 Å². The lowest BCUT2D eigenvalue weighted by Gasteiger charge is -2.20. The van der Waals surface area contributed by atoms with Crippen LogP contribution in [0.2, 0.25) is 0 Å². The van der Waals surface area contributed by atoms with Crippen LogP contribution in [0.3, 0.4) is 0 Å². The molecule has 3 rings (SSSR count). The van der Waals surface area contributed by atoms with Gasteiger partial charge in [0.15, 0.2) is 0 Å². The van der Waals surface area contributed by atoms with Crippen molar-refractivity contribution in [1.29, 1.82) is 0 Å². The number of para-hydroxylation sites is 1. The van der Waals surface area contributed by atoms with Gasteiger partial charge in [-0.25, -0.2) is 0 Å². The molecule has 2 aromatic rings. The number of likely N-dealkylation sites (tertiary alicyclic amines) is 1. The number of amides is 1. The third-order valence-electron chi connectivity index (χ3n) is 4.56. The molecule has 1 unspecified atom stereocenters. The van der Waals surface area contributed by atoms with Crippen LogP contribution in [0.15, 0.2) is 48.8 Å². The zero-order chi connectivity index (χ0) is 17.6. The number of carbonyl (C=O) groups is 1. The SMILES string of the molecule is CN(C)CC1CCN(C(=O)c2ccccc2NCc2cccnc2)C1. The number of hydrogen-bond acceptors (Lipinski definition) is 4. The van der Waals surface area contributed by atoms with Crippen LogP contribution in [0.5, 0.6) is 0 Å². The number of anilines is 1. The second-order valence-corrected chi connectivity index (χ2v) is 6.93. The number of benzene rings is 1. The van der Waals surface area contributed by atoms with Gasteiger partial charge in [-0.15, -0.1) is 0 Å². The van der Waals surface area contributed by atoms with Crippen molar-refractivity contribution in [2.45, 2.75) is 13.0 Å². The molecule has 0 radical (unpaired) electrons. The van der Waals surface area contributed by atoms with E-state index in [-0.39, 0.29) is 5.91 Å². The van der Waals surface area contributed by atoms with E-state index in [9.17, 15) is 4.79 Å². The van der Waals surface area contributed by atoms with E-state index in [1.807, 2.05) is 47.5 Å². The largest absolute Gasteiger partial charge is 0.380 e. The quantitative estimate of drug-likeness (QED) is 0.880. The van der Waals surface area contributed by atoms with Crippen LogP contribution in [-0.2, 0) is 6.54 Å². The highest BCUT2D eigenvalue weighted by Gasteiger charge is 2.28. The summed E-state index contributed by atoms with van der Waals surface area (Å²) < 4.78 is 0. The third kappa shape index (κ3) is 4.57. The van der Waals surface area contributed by atoms with Gasteiger partial charge in [0, 0.05) is 44.3 Å². The molecular weight excluding hydrogens is 312 g/mol. The number of pyridine rings is 1. The summed E-state index contributed by atoms with van der Waals surface area (Å²) in [4.78, 5) is 21.3. The maximum Gasteiger partial charge on any atom is 0.255 e. The van der Waals surface area contributed by atoms with E-state index in [0.717, 1.165) is 42.9 Å². The number of aromatic nitrogens is 1. The van der Waals surface area contributed by atoms with Gasteiger partial charge in [0.05, 0.1) is 5.56 Å². The summed E-state index contributed by atoms with van der Waals surface area (Å²) in [6.45, 7) is 3.37. The highest BCUT2D eigenvalue weighted by atomic mass is 16.2. The summed E-state index contributed by atoms with van der Waals surface area (Å²) in [7, 11) is 4.17. The number of nitrogens with zero attached hydrogens (tertiary/aromatic N) is 3. The fourth-order valence-corrected chi connectivity index (χ4v) is 3.38. The van der Waals surface area contributed by atoms with Crippen molar-refractivity contribution in [1.82, 2.24) is 14.8 Å². The highest BCUT2D eigenvalue weighted by molar-refractivity contribution is 5.99. The van der Waals surface area contributed by atoms with Crippen molar-refractivity contribution in [2.75, 3.05) is 39.0 Å². The molecule has 1 N–H and O–H groups in total. The first-order valence-electron chi connectivity index (χ1n) is 8.79. The molecule has 132 valence electrons. The van der Waals surface area contributed by atoms with Gasteiger partial charge in [0.25, 0.3) is 5.91 Å². The van der Waals surface area contributed by atoms with Gasteiger partial charge in [-0.1, -0.05) is 18.2 Å². The van der Waals surface area contributed by atoms with Crippen LogP contribution < -0.4 is 5.32 Å². The molecule has 0 spiro atoms. The second-order valence-electron chi connectivity index (χ2n) is 6.93. The monoisotopic (exact) mass is 338 g/mol. The van der Waals surface area contributed by atoms with Crippen LogP contribution in [0.25, 0.3) is 0 Å². The molecule has 1 fully saturated rings. The number of nitrogens with one attached hydrogen (secondary N) is 1. The summed E-state index contributed by atoms with van der Waals surface area (Å²) in [5.41, 5.74) is 2.72. The van der Waals surface area contributed by atoms with Crippen molar-refractivity contribution in [3.8, 4) is 0 Å². The van der Waals surface area contributed by atoms with Gasteiger partial charge in [-0.3, -0.25) is 9.78 Å². The molecule has 2 heterocycles. The standard InChI is InChI=1S/C20H26N4O/c1-23(2)14-17-9-11-24(15-17)20(25)18-7-3-4-8-19(18)22-13-16-6-5-10-21-12-16/h3-8,10,12,17,22H,9,11,13-15H2,1-2H3. The average Bonchev–Trinajstić information content (AvgIpc) is 3.08. The molecule has 1 atom stereocenters. The lowest BCUT2D eigenvalue weighted by molar-refractivity contribution is 0.0786.